The molecule has 0 aliphatic rings. The Kier molecular flexibility index (Phi) is 6.82. The molecule has 0 atom stereocenters. The number of benzene rings is 2. The highest BCUT2D eigenvalue weighted by Gasteiger charge is 2.25. The molecule has 0 bridgehead atoms. The van der Waals surface area contributed by atoms with Gasteiger partial charge in [-0.3, -0.25) is 9.59 Å². The molecule has 0 aliphatic carbocycles. The number of nitrogens with zero attached hydrogens (tertiary/aromatic N) is 4. The van der Waals surface area contributed by atoms with Crippen LogP contribution in [-0.4, -0.2) is 44.2 Å². The van der Waals surface area contributed by atoms with E-state index in [0.29, 0.717) is 5.82 Å². The Morgan fingerprint density at radius 1 is 1.00 bits per heavy atom. The summed E-state index contributed by atoms with van der Waals surface area (Å²) in [7, 11) is 0. The van der Waals surface area contributed by atoms with E-state index in [9.17, 15) is 18.4 Å². The summed E-state index contributed by atoms with van der Waals surface area (Å²) in [5, 5.41) is 7.02. The first-order valence-corrected chi connectivity index (χ1v) is 10.7. The Morgan fingerprint density at radius 3 is 2.38 bits per heavy atom. The van der Waals surface area contributed by atoms with E-state index in [-0.39, 0.29) is 42.6 Å². The Morgan fingerprint density at radius 2 is 1.71 bits per heavy atom. The van der Waals surface area contributed by atoms with Crippen molar-refractivity contribution in [3.8, 4) is 11.5 Å². The third-order valence-electron chi connectivity index (χ3n) is 5.31. The molecule has 1 N–H and O–H groups in total. The summed E-state index contributed by atoms with van der Waals surface area (Å²) in [6.45, 7) is 2.08. The van der Waals surface area contributed by atoms with E-state index in [1.807, 2.05) is 0 Å². The van der Waals surface area contributed by atoms with Crippen LogP contribution in [0.3, 0.4) is 0 Å². The van der Waals surface area contributed by atoms with Crippen molar-refractivity contribution in [1.29, 1.82) is 0 Å². The van der Waals surface area contributed by atoms with Gasteiger partial charge in [-0.2, -0.15) is 5.10 Å². The van der Waals surface area contributed by atoms with Crippen molar-refractivity contribution < 1.29 is 18.4 Å². The van der Waals surface area contributed by atoms with Gasteiger partial charge in [-0.25, -0.2) is 13.5 Å². The van der Waals surface area contributed by atoms with Crippen LogP contribution in [0.25, 0.3) is 11.5 Å². The lowest BCUT2D eigenvalue weighted by Gasteiger charge is -2.21. The molecule has 2 aromatic carbocycles. The fourth-order valence-electron chi connectivity index (χ4n) is 3.55. The van der Waals surface area contributed by atoms with Gasteiger partial charge in [-0.15, -0.1) is 0 Å². The number of hydrogen-bond donors (Lipinski definition) is 1. The summed E-state index contributed by atoms with van der Waals surface area (Å²) in [5.74, 6) is -1.24. The number of rotatable bonds is 8. The minimum atomic E-state index is -0.481. The molecule has 2 amide bonds. The Balaban J connectivity index is 1.56. The zero-order valence-corrected chi connectivity index (χ0v) is 18.5. The van der Waals surface area contributed by atoms with E-state index in [1.54, 1.807) is 66.3 Å². The second kappa shape index (κ2) is 10.1. The Hall–Kier alpha value is -4.27. The number of carbonyl (C=O) groups excluding carboxylic acids is 2. The van der Waals surface area contributed by atoms with Gasteiger partial charge in [-0.1, -0.05) is 24.3 Å². The van der Waals surface area contributed by atoms with E-state index in [1.165, 1.54) is 34.0 Å². The highest BCUT2D eigenvalue weighted by Crippen LogP contribution is 2.23. The van der Waals surface area contributed by atoms with Crippen LogP contribution in [0.1, 0.15) is 22.8 Å². The Labute approximate surface area is 195 Å². The normalized spacial score (nSPS) is 10.8. The maximum Gasteiger partial charge on any atom is 0.259 e. The molecule has 4 rings (SSSR count). The third-order valence-corrected chi connectivity index (χ3v) is 5.31. The van der Waals surface area contributed by atoms with Gasteiger partial charge in [0.15, 0.2) is 5.82 Å². The van der Waals surface area contributed by atoms with Crippen molar-refractivity contribution in [2.24, 2.45) is 0 Å². The monoisotopic (exact) mass is 463 g/mol. The first kappa shape index (κ1) is 22.9. The number of likely N-dealkylation sites (N-methyl/N-ethyl adjacent to an activating group) is 1. The molecular weight excluding hydrogens is 440 g/mol. The van der Waals surface area contributed by atoms with E-state index < -0.39 is 11.7 Å². The van der Waals surface area contributed by atoms with Crippen LogP contribution in [0.15, 0.2) is 79.3 Å². The number of hydrogen-bond acceptors (Lipinski definition) is 3. The van der Waals surface area contributed by atoms with E-state index in [0.717, 1.165) is 5.56 Å². The molecule has 0 radical (unpaired) electrons. The second-order valence-corrected chi connectivity index (χ2v) is 7.56. The van der Waals surface area contributed by atoms with Gasteiger partial charge in [0, 0.05) is 25.5 Å². The summed E-state index contributed by atoms with van der Waals surface area (Å²) >= 11 is 0. The van der Waals surface area contributed by atoms with Crippen LogP contribution in [0, 0.1) is 11.6 Å². The number of aromatic nitrogens is 3. The van der Waals surface area contributed by atoms with Crippen molar-refractivity contribution in [2.75, 3.05) is 13.1 Å². The van der Waals surface area contributed by atoms with E-state index >= 15 is 0 Å². The van der Waals surface area contributed by atoms with E-state index in [4.69, 9.17) is 0 Å². The van der Waals surface area contributed by atoms with Gasteiger partial charge in [-0.05, 0) is 48.9 Å². The molecule has 174 valence electrons. The predicted octanol–water partition coefficient (Wildman–Crippen LogP) is 3.72. The summed E-state index contributed by atoms with van der Waals surface area (Å²) < 4.78 is 30.6. The maximum absolute atomic E-state index is 14.5. The van der Waals surface area contributed by atoms with Crippen molar-refractivity contribution in [2.45, 2.75) is 13.5 Å². The smallest absolute Gasteiger partial charge is 0.259 e. The molecule has 2 heterocycles. The first-order chi connectivity index (χ1) is 16.5. The quantitative estimate of drug-likeness (QED) is 0.433. The molecule has 0 unspecified atom stereocenters. The standard InChI is InChI=1S/C25H23F2N5O2/c1-2-30(17-23(33)28-15-18-9-11-19(26)12-10-18)25(34)20-16-29-32(22-8-4-3-7-21(22)27)24(20)31-13-5-6-14-31/h3-14,16H,2,15,17H2,1H3,(H,28,33). The van der Waals surface area contributed by atoms with Gasteiger partial charge in [0.1, 0.15) is 22.9 Å². The number of carbonyl (C=O) groups is 2. The van der Waals surface area contributed by atoms with Crippen molar-refractivity contribution in [1.82, 2.24) is 24.6 Å². The van der Waals surface area contributed by atoms with Crippen molar-refractivity contribution in [3.05, 3.63) is 102 Å². The minimum Gasteiger partial charge on any atom is -0.350 e. The molecule has 7 nitrogen and oxygen atoms in total. The predicted molar refractivity (Wildman–Crippen MR) is 123 cm³/mol. The SMILES string of the molecule is CCN(CC(=O)NCc1ccc(F)cc1)C(=O)c1cnn(-c2ccccc2F)c1-n1cccc1. The van der Waals surface area contributed by atoms with Gasteiger partial charge < -0.3 is 14.8 Å². The molecule has 0 fully saturated rings. The van der Waals surface area contributed by atoms with Crippen LogP contribution in [0.4, 0.5) is 8.78 Å². The minimum absolute atomic E-state index is 0.174. The van der Waals surface area contributed by atoms with Crippen molar-refractivity contribution in [3.63, 3.8) is 0 Å². The third kappa shape index (κ3) is 4.88. The lowest BCUT2D eigenvalue weighted by molar-refractivity contribution is -0.121. The molecule has 2 aromatic heterocycles. The lowest BCUT2D eigenvalue weighted by atomic mass is 10.2. The van der Waals surface area contributed by atoms with Gasteiger partial charge in [0.25, 0.3) is 5.91 Å². The number of para-hydroxylation sites is 1. The highest BCUT2D eigenvalue weighted by molar-refractivity contribution is 5.99. The van der Waals surface area contributed by atoms with Crippen LogP contribution in [0.2, 0.25) is 0 Å². The zero-order valence-electron chi connectivity index (χ0n) is 18.5. The van der Waals surface area contributed by atoms with Crippen LogP contribution >= 0.6 is 0 Å². The summed E-state index contributed by atoms with van der Waals surface area (Å²) in [5.41, 5.74) is 1.17. The molecule has 0 spiro atoms. The molecular formula is C25H23F2N5O2. The van der Waals surface area contributed by atoms with Gasteiger partial charge in [0.2, 0.25) is 5.91 Å². The largest absolute Gasteiger partial charge is 0.350 e. The highest BCUT2D eigenvalue weighted by atomic mass is 19.1. The van der Waals surface area contributed by atoms with Crippen LogP contribution < -0.4 is 5.32 Å². The molecule has 0 saturated heterocycles. The average Bonchev–Trinajstić information content (AvgIpc) is 3.52. The first-order valence-electron chi connectivity index (χ1n) is 10.7. The second-order valence-electron chi connectivity index (χ2n) is 7.56. The molecule has 4 aromatic rings. The molecule has 0 saturated carbocycles. The fourth-order valence-corrected chi connectivity index (χ4v) is 3.55. The molecule has 9 heteroatoms. The van der Waals surface area contributed by atoms with Gasteiger partial charge in [0.05, 0.1) is 12.7 Å². The van der Waals surface area contributed by atoms with E-state index in [2.05, 4.69) is 10.4 Å². The average molecular weight is 463 g/mol. The number of halogens is 2. The van der Waals surface area contributed by atoms with Crippen molar-refractivity contribution >= 4 is 11.8 Å². The van der Waals surface area contributed by atoms with Gasteiger partial charge >= 0.3 is 0 Å². The zero-order chi connectivity index (χ0) is 24.1. The fraction of sp³-hybridized carbons (Fsp3) is 0.160. The summed E-state index contributed by atoms with van der Waals surface area (Å²) in [4.78, 5) is 27.3. The number of amides is 2. The molecule has 0 aliphatic heterocycles. The maximum atomic E-state index is 14.5. The summed E-state index contributed by atoms with van der Waals surface area (Å²) in [6.07, 6.45) is 4.84. The summed E-state index contributed by atoms with van der Waals surface area (Å²) in [6, 6.07) is 15.5. The lowest BCUT2D eigenvalue weighted by Crippen LogP contribution is -2.40. The van der Waals surface area contributed by atoms with Crippen LogP contribution in [-0.2, 0) is 11.3 Å². The topological polar surface area (TPSA) is 72.2 Å². The molecule has 34 heavy (non-hydrogen) atoms. The number of nitrogens with one attached hydrogen (secondary N) is 1. The Bertz CT molecular complexity index is 1280. The van der Waals surface area contributed by atoms with Crippen LogP contribution in [0.5, 0.6) is 0 Å².